The topological polar surface area (TPSA) is 77.3 Å². The highest BCUT2D eigenvalue weighted by molar-refractivity contribution is 5.80. The van der Waals surface area contributed by atoms with Gasteiger partial charge in [-0.3, -0.25) is 0 Å². The molecule has 0 unspecified atom stereocenters. The Morgan fingerprint density at radius 1 is 0.302 bits per heavy atom. The van der Waals surface area contributed by atoms with E-state index in [4.69, 9.17) is 9.97 Å². The highest BCUT2D eigenvalue weighted by Gasteiger charge is 2.17. The van der Waals surface area contributed by atoms with Crippen LogP contribution in [-0.4, -0.2) is 30.4 Å². The Bertz CT molecular complexity index is 1990. The summed E-state index contributed by atoms with van der Waals surface area (Å²) in [5, 5.41) is 18.3. The van der Waals surface area contributed by atoms with Crippen LogP contribution in [-0.2, 0) is 0 Å². The molecular formula is C37H26N6. The van der Waals surface area contributed by atoms with Crippen molar-refractivity contribution in [2.24, 2.45) is 0 Å². The van der Waals surface area contributed by atoms with Gasteiger partial charge in [0.1, 0.15) is 22.8 Å². The molecule has 2 aromatic heterocycles. The van der Waals surface area contributed by atoms with Crippen LogP contribution in [0.4, 0.5) is 0 Å². The first-order chi connectivity index (χ1) is 21.2. The highest BCUT2D eigenvalue weighted by Crippen LogP contribution is 2.32. The van der Waals surface area contributed by atoms with E-state index < -0.39 is 0 Å². The molecule has 204 valence electrons. The number of aryl methyl sites for hydroxylation is 1. The van der Waals surface area contributed by atoms with Crippen LogP contribution >= 0.6 is 0 Å². The Hall–Kier alpha value is -5.88. The normalized spacial score (nSPS) is 10.9. The molecular weight excluding hydrogens is 528 g/mol. The molecule has 7 rings (SSSR count). The molecule has 0 aliphatic heterocycles. The maximum Gasteiger partial charge on any atom is 0.182 e. The fraction of sp³-hybridized carbons (Fsp3) is 0.0270. The molecule has 0 aliphatic rings. The molecule has 2 heterocycles. The molecule has 6 nitrogen and oxygen atoms in total. The largest absolute Gasteiger partial charge is 0.224 e. The van der Waals surface area contributed by atoms with E-state index in [1.165, 1.54) is 5.56 Å². The summed E-state index contributed by atoms with van der Waals surface area (Å²) in [4.78, 5) is 9.98. The molecule has 0 fully saturated rings. The second-order valence-electron chi connectivity index (χ2n) is 10.2. The van der Waals surface area contributed by atoms with Gasteiger partial charge in [0.15, 0.2) is 11.6 Å². The van der Waals surface area contributed by atoms with Gasteiger partial charge in [-0.05, 0) is 6.92 Å². The number of benzene rings is 5. The Labute approximate surface area is 249 Å². The van der Waals surface area contributed by atoms with Crippen molar-refractivity contribution in [3.8, 4) is 67.8 Å². The van der Waals surface area contributed by atoms with Gasteiger partial charge in [0, 0.05) is 33.4 Å². The monoisotopic (exact) mass is 554 g/mol. The van der Waals surface area contributed by atoms with Crippen LogP contribution < -0.4 is 0 Å². The van der Waals surface area contributed by atoms with Gasteiger partial charge < -0.3 is 0 Å². The first-order valence-corrected chi connectivity index (χ1v) is 14.1. The summed E-state index contributed by atoms with van der Waals surface area (Å²) in [5.74, 6) is 1.09. The summed E-state index contributed by atoms with van der Waals surface area (Å²) in [6, 6.07) is 46.4. The number of rotatable bonds is 6. The SMILES string of the molecule is Cc1ccc(-c2nnc(-c3ccc(-c4nnc(-c5ccccc5)c(-c5ccccc5)n4)cc3)nc2-c2ccccc2)cc1. The van der Waals surface area contributed by atoms with E-state index in [9.17, 15) is 0 Å². The Balaban J connectivity index is 1.26. The van der Waals surface area contributed by atoms with Crippen LogP contribution in [0.3, 0.4) is 0 Å². The van der Waals surface area contributed by atoms with Crippen molar-refractivity contribution in [2.75, 3.05) is 0 Å². The average Bonchev–Trinajstić information content (AvgIpc) is 3.09. The summed E-state index contributed by atoms with van der Waals surface area (Å²) >= 11 is 0. The van der Waals surface area contributed by atoms with Gasteiger partial charge >= 0.3 is 0 Å². The highest BCUT2D eigenvalue weighted by atomic mass is 15.2. The minimum Gasteiger partial charge on any atom is -0.224 e. The maximum atomic E-state index is 5.00. The van der Waals surface area contributed by atoms with Crippen molar-refractivity contribution >= 4 is 0 Å². The van der Waals surface area contributed by atoms with E-state index in [0.29, 0.717) is 11.6 Å². The average molecular weight is 555 g/mol. The molecule has 0 saturated carbocycles. The van der Waals surface area contributed by atoms with E-state index >= 15 is 0 Å². The minimum absolute atomic E-state index is 0.545. The van der Waals surface area contributed by atoms with Crippen LogP contribution in [0.15, 0.2) is 140 Å². The minimum atomic E-state index is 0.545. The second-order valence-corrected chi connectivity index (χ2v) is 10.2. The van der Waals surface area contributed by atoms with Crippen LogP contribution in [0.25, 0.3) is 67.8 Å². The van der Waals surface area contributed by atoms with E-state index in [1.54, 1.807) is 0 Å². The zero-order valence-corrected chi connectivity index (χ0v) is 23.5. The lowest BCUT2D eigenvalue weighted by Gasteiger charge is -2.11. The fourth-order valence-corrected chi connectivity index (χ4v) is 4.96. The summed E-state index contributed by atoms with van der Waals surface area (Å²) in [6.45, 7) is 2.07. The van der Waals surface area contributed by atoms with Crippen molar-refractivity contribution < 1.29 is 0 Å². The first-order valence-electron chi connectivity index (χ1n) is 14.1. The zero-order chi connectivity index (χ0) is 29.0. The van der Waals surface area contributed by atoms with Crippen LogP contribution in [0, 0.1) is 6.92 Å². The van der Waals surface area contributed by atoms with Gasteiger partial charge in [-0.1, -0.05) is 145 Å². The predicted molar refractivity (Wildman–Crippen MR) is 171 cm³/mol. The molecule has 0 spiro atoms. The van der Waals surface area contributed by atoms with E-state index in [-0.39, 0.29) is 0 Å². The van der Waals surface area contributed by atoms with Gasteiger partial charge in [-0.2, -0.15) is 0 Å². The zero-order valence-electron chi connectivity index (χ0n) is 23.5. The lowest BCUT2D eigenvalue weighted by molar-refractivity contribution is 0.988. The lowest BCUT2D eigenvalue weighted by Crippen LogP contribution is -2.01. The van der Waals surface area contributed by atoms with E-state index in [2.05, 4.69) is 51.6 Å². The molecule has 5 aromatic carbocycles. The van der Waals surface area contributed by atoms with Gasteiger partial charge in [-0.25, -0.2) is 9.97 Å². The van der Waals surface area contributed by atoms with E-state index in [0.717, 1.165) is 56.2 Å². The van der Waals surface area contributed by atoms with Gasteiger partial charge in [0.05, 0.1) is 0 Å². The van der Waals surface area contributed by atoms with Crippen molar-refractivity contribution in [1.82, 2.24) is 30.4 Å². The molecule has 0 N–H and O–H groups in total. The second kappa shape index (κ2) is 11.5. The van der Waals surface area contributed by atoms with Crippen molar-refractivity contribution in [3.63, 3.8) is 0 Å². The molecule has 0 radical (unpaired) electrons. The van der Waals surface area contributed by atoms with E-state index in [1.807, 2.05) is 115 Å². The third-order valence-corrected chi connectivity index (χ3v) is 7.24. The summed E-state index contributed by atoms with van der Waals surface area (Å²) in [7, 11) is 0. The summed E-state index contributed by atoms with van der Waals surface area (Å²) < 4.78 is 0. The van der Waals surface area contributed by atoms with Crippen molar-refractivity contribution in [3.05, 3.63) is 145 Å². The maximum absolute atomic E-state index is 5.00. The van der Waals surface area contributed by atoms with Crippen LogP contribution in [0.1, 0.15) is 5.56 Å². The molecule has 0 saturated heterocycles. The molecule has 0 bridgehead atoms. The third kappa shape index (κ3) is 5.42. The summed E-state index contributed by atoms with van der Waals surface area (Å²) in [5.41, 5.74) is 9.86. The Morgan fingerprint density at radius 2 is 0.628 bits per heavy atom. The van der Waals surface area contributed by atoms with Gasteiger partial charge in [0.2, 0.25) is 0 Å². The third-order valence-electron chi connectivity index (χ3n) is 7.24. The quantitative estimate of drug-likeness (QED) is 0.206. The standard InChI is InChI=1S/C37H26N6/c1-25-17-19-29(20-18-25)35-33(27-13-7-3-8-14-27)39-37(43-41-35)31-23-21-30(22-24-31)36-38-32(26-11-5-2-6-12-26)34(40-42-36)28-15-9-4-10-16-28/h2-24H,1H3. The fourth-order valence-electron chi connectivity index (χ4n) is 4.96. The molecule has 43 heavy (non-hydrogen) atoms. The number of hydrogen-bond donors (Lipinski definition) is 0. The Morgan fingerprint density at radius 3 is 1.02 bits per heavy atom. The molecule has 6 heteroatoms. The molecule has 0 atom stereocenters. The molecule has 0 amide bonds. The van der Waals surface area contributed by atoms with Crippen LogP contribution in [0.5, 0.6) is 0 Å². The number of hydrogen-bond acceptors (Lipinski definition) is 6. The lowest BCUT2D eigenvalue weighted by atomic mass is 10.0. The molecule has 0 aliphatic carbocycles. The van der Waals surface area contributed by atoms with Crippen molar-refractivity contribution in [2.45, 2.75) is 6.92 Å². The summed E-state index contributed by atoms with van der Waals surface area (Å²) in [6.07, 6.45) is 0. The van der Waals surface area contributed by atoms with Gasteiger partial charge in [-0.15, -0.1) is 20.4 Å². The predicted octanol–water partition coefficient (Wildman–Crippen LogP) is 8.37. The number of nitrogens with zero attached hydrogens (tertiary/aromatic N) is 6. The molecule has 7 aromatic rings. The van der Waals surface area contributed by atoms with Gasteiger partial charge in [0.25, 0.3) is 0 Å². The van der Waals surface area contributed by atoms with Crippen molar-refractivity contribution in [1.29, 1.82) is 0 Å². The number of aromatic nitrogens is 6. The Kier molecular flexibility index (Phi) is 6.99. The first kappa shape index (κ1) is 26.0. The smallest absolute Gasteiger partial charge is 0.182 e. The van der Waals surface area contributed by atoms with Crippen LogP contribution in [0.2, 0.25) is 0 Å².